The number of carbonyl (C=O) groups excluding carboxylic acids is 1. The van der Waals surface area contributed by atoms with Gasteiger partial charge in [0.05, 0.1) is 17.6 Å². The van der Waals surface area contributed by atoms with Gasteiger partial charge in [-0.1, -0.05) is 18.5 Å². The van der Waals surface area contributed by atoms with Crippen molar-refractivity contribution in [1.29, 1.82) is 0 Å². The predicted molar refractivity (Wildman–Crippen MR) is 104 cm³/mol. The summed E-state index contributed by atoms with van der Waals surface area (Å²) in [6, 6.07) is 4.54. The summed E-state index contributed by atoms with van der Waals surface area (Å²) in [4.78, 5) is 16.3. The van der Waals surface area contributed by atoms with Gasteiger partial charge in [-0.2, -0.15) is 13.2 Å². The Hall–Kier alpha value is -2.29. The minimum absolute atomic E-state index is 0.0470. The van der Waals surface area contributed by atoms with E-state index >= 15 is 0 Å². The lowest BCUT2D eigenvalue weighted by Gasteiger charge is -2.25. The fourth-order valence-corrected chi connectivity index (χ4v) is 3.34. The number of hydrogen-bond acceptors (Lipinski definition) is 5. The van der Waals surface area contributed by atoms with Gasteiger partial charge in [0.25, 0.3) is 0 Å². The number of carbonyl (C=O) groups is 1. The minimum Gasteiger partial charge on any atom is -0.476 e. The monoisotopic (exact) mass is 445 g/mol. The van der Waals surface area contributed by atoms with Crippen LogP contribution in [0.4, 0.5) is 13.2 Å². The number of halogens is 4. The van der Waals surface area contributed by atoms with Gasteiger partial charge in [-0.05, 0) is 45.7 Å². The number of pyridine rings is 1. The van der Waals surface area contributed by atoms with Crippen molar-refractivity contribution in [3.63, 3.8) is 0 Å². The van der Waals surface area contributed by atoms with Gasteiger partial charge in [0.2, 0.25) is 5.88 Å². The third-order valence-electron chi connectivity index (χ3n) is 5.03. The van der Waals surface area contributed by atoms with Crippen LogP contribution in [0.5, 0.6) is 5.88 Å². The van der Waals surface area contributed by atoms with E-state index in [1.807, 2.05) is 0 Å². The van der Waals surface area contributed by atoms with Gasteiger partial charge in [0.1, 0.15) is 10.8 Å². The van der Waals surface area contributed by atoms with Crippen LogP contribution in [0.2, 0.25) is 5.15 Å². The van der Waals surface area contributed by atoms with Gasteiger partial charge in [0, 0.05) is 18.2 Å². The summed E-state index contributed by atoms with van der Waals surface area (Å²) >= 11 is 6.12. The molecule has 2 aromatic heterocycles. The highest BCUT2D eigenvalue weighted by atomic mass is 35.5. The Balaban J connectivity index is 1.66. The van der Waals surface area contributed by atoms with Crippen molar-refractivity contribution in [2.24, 2.45) is 11.3 Å². The van der Waals surface area contributed by atoms with E-state index < -0.39 is 29.1 Å². The standard InChI is InChI=1S/C20H23ClF3N3O3/c1-12(19(8-9-19)20(22,23)24)11-29-15-7-10-27(26-15)14-6-5-13(16(21)25-14)17(28)30-18(2,3)4/h5-7,10,12H,8-9,11H2,1-4H3. The Morgan fingerprint density at radius 1 is 1.27 bits per heavy atom. The Morgan fingerprint density at radius 2 is 1.93 bits per heavy atom. The molecule has 6 nitrogen and oxygen atoms in total. The Labute approximate surface area is 177 Å². The van der Waals surface area contributed by atoms with Crippen molar-refractivity contribution in [3.8, 4) is 11.7 Å². The molecule has 1 fully saturated rings. The van der Waals surface area contributed by atoms with Crippen LogP contribution in [0.15, 0.2) is 24.4 Å². The van der Waals surface area contributed by atoms with E-state index in [0.717, 1.165) is 0 Å². The zero-order valence-corrected chi connectivity index (χ0v) is 17.8. The average molecular weight is 446 g/mol. The topological polar surface area (TPSA) is 66.2 Å². The summed E-state index contributed by atoms with van der Waals surface area (Å²) in [7, 11) is 0. The van der Waals surface area contributed by atoms with Crippen molar-refractivity contribution in [1.82, 2.24) is 14.8 Å². The maximum absolute atomic E-state index is 13.2. The van der Waals surface area contributed by atoms with Gasteiger partial charge >= 0.3 is 12.1 Å². The molecule has 0 aromatic carbocycles. The smallest absolute Gasteiger partial charge is 0.394 e. The molecule has 0 spiro atoms. The highest BCUT2D eigenvalue weighted by Crippen LogP contribution is 2.62. The van der Waals surface area contributed by atoms with Crippen molar-refractivity contribution in [3.05, 3.63) is 35.1 Å². The van der Waals surface area contributed by atoms with Crippen LogP contribution in [0.1, 0.15) is 50.9 Å². The lowest BCUT2D eigenvalue weighted by Crippen LogP contribution is -2.34. The Morgan fingerprint density at radius 3 is 2.47 bits per heavy atom. The van der Waals surface area contributed by atoms with E-state index in [-0.39, 0.29) is 36.0 Å². The maximum atomic E-state index is 13.2. The minimum atomic E-state index is -4.23. The molecule has 30 heavy (non-hydrogen) atoms. The molecule has 2 heterocycles. The van der Waals surface area contributed by atoms with Crippen molar-refractivity contribution in [2.75, 3.05) is 6.61 Å². The van der Waals surface area contributed by atoms with Crippen molar-refractivity contribution < 1.29 is 27.4 Å². The zero-order valence-electron chi connectivity index (χ0n) is 17.1. The third kappa shape index (κ3) is 4.71. The van der Waals surface area contributed by atoms with E-state index in [9.17, 15) is 18.0 Å². The summed E-state index contributed by atoms with van der Waals surface area (Å²) in [6.45, 7) is 6.67. The third-order valence-corrected chi connectivity index (χ3v) is 5.32. The molecule has 0 radical (unpaired) electrons. The molecule has 0 N–H and O–H groups in total. The molecule has 1 unspecified atom stereocenters. The second kappa shape index (κ2) is 7.76. The SMILES string of the molecule is CC(COc1ccn(-c2ccc(C(=O)OC(C)(C)C)c(Cl)n2)n1)C1(C(F)(F)F)CC1. The number of alkyl halides is 3. The molecule has 1 aliphatic rings. The molecule has 2 aromatic rings. The van der Waals surface area contributed by atoms with Gasteiger partial charge in [0.15, 0.2) is 5.82 Å². The van der Waals surface area contributed by atoms with Crippen molar-refractivity contribution in [2.45, 2.75) is 52.3 Å². The van der Waals surface area contributed by atoms with Crippen LogP contribution >= 0.6 is 11.6 Å². The quantitative estimate of drug-likeness (QED) is 0.449. The van der Waals surface area contributed by atoms with E-state index in [2.05, 4.69) is 10.1 Å². The first-order chi connectivity index (χ1) is 13.8. The van der Waals surface area contributed by atoms with E-state index in [0.29, 0.717) is 5.82 Å². The number of nitrogens with zero attached hydrogens (tertiary/aromatic N) is 3. The second-order valence-corrected chi connectivity index (χ2v) is 8.83. The van der Waals surface area contributed by atoms with Crippen molar-refractivity contribution >= 4 is 17.6 Å². The maximum Gasteiger partial charge on any atom is 0.394 e. The first-order valence-electron chi connectivity index (χ1n) is 9.48. The lowest BCUT2D eigenvalue weighted by atomic mass is 9.91. The first kappa shape index (κ1) is 22.4. The lowest BCUT2D eigenvalue weighted by molar-refractivity contribution is -0.203. The largest absolute Gasteiger partial charge is 0.476 e. The molecule has 0 saturated heterocycles. The number of rotatable bonds is 6. The molecule has 164 valence electrons. The summed E-state index contributed by atoms with van der Waals surface area (Å²) in [5.74, 6) is -0.773. The molecule has 0 aliphatic heterocycles. The van der Waals surface area contributed by atoms with Gasteiger partial charge in [-0.3, -0.25) is 0 Å². The van der Waals surface area contributed by atoms with E-state index in [1.165, 1.54) is 29.8 Å². The fraction of sp³-hybridized carbons (Fsp3) is 0.550. The van der Waals surface area contributed by atoms with Crippen LogP contribution in [0, 0.1) is 11.3 Å². The van der Waals surface area contributed by atoms with Crippen LogP contribution in [-0.4, -0.2) is 39.1 Å². The molecule has 1 saturated carbocycles. The van der Waals surface area contributed by atoms with Crippen LogP contribution in [-0.2, 0) is 4.74 Å². The van der Waals surface area contributed by atoms with Gasteiger partial charge < -0.3 is 9.47 Å². The molecule has 10 heteroatoms. The summed E-state index contributed by atoms with van der Waals surface area (Å²) in [5.41, 5.74) is -2.20. The average Bonchev–Trinajstić information content (AvgIpc) is 3.31. The number of esters is 1. The molecular weight excluding hydrogens is 423 g/mol. The normalized spacial score (nSPS) is 16.8. The van der Waals surface area contributed by atoms with Crippen LogP contribution in [0.3, 0.4) is 0 Å². The van der Waals surface area contributed by atoms with Gasteiger partial charge in [-0.25, -0.2) is 14.5 Å². The van der Waals surface area contributed by atoms with E-state index in [1.54, 1.807) is 27.0 Å². The first-order valence-corrected chi connectivity index (χ1v) is 9.86. The molecule has 0 amide bonds. The zero-order chi connectivity index (χ0) is 22.3. The fourth-order valence-electron chi connectivity index (χ4n) is 3.11. The number of hydrogen-bond donors (Lipinski definition) is 0. The highest BCUT2D eigenvalue weighted by molar-refractivity contribution is 6.32. The predicted octanol–water partition coefficient (Wildman–Crippen LogP) is 5.23. The van der Waals surface area contributed by atoms with Crippen LogP contribution in [0.25, 0.3) is 5.82 Å². The Kier molecular flexibility index (Phi) is 5.79. The number of ether oxygens (including phenoxy) is 2. The molecular formula is C20H23ClF3N3O3. The molecule has 3 rings (SSSR count). The van der Waals surface area contributed by atoms with Gasteiger partial charge in [-0.15, -0.1) is 5.10 Å². The van der Waals surface area contributed by atoms with E-state index in [4.69, 9.17) is 21.1 Å². The van der Waals surface area contributed by atoms with Crippen LogP contribution < -0.4 is 4.74 Å². The summed E-state index contributed by atoms with van der Waals surface area (Å²) < 4.78 is 51.7. The Bertz CT molecular complexity index is 933. The number of aromatic nitrogens is 3. The summed E-state index contributed by atoms with van der Waals surface area (Å²) in [6.07, 6.45) is -2.43. The molecule has 1 aliphatic carbocycles. The second-order valence-electron chi connectivity index (χ2n) is 8.47. The molecule has 1 atom stereocenters. The summed E-state index contributed by atoms with van der Waals surface area (Å²) in [5, 5.41) is 4.12. The molecule has 0 bridgehead atoms. The highest BCUT2D eigenvalue weighted by Gasteiger charge is 2.65.